The highest BCUT2D eigenvalue weighted by atomic mass is 35.5. The molecule has 36 heavy (non-hydrogen) atoms. The number of carbonyl (C=O) groups is 2. The van der Waals surface area contributed by atoms with Crippen LogP contribution in [0.3, 0.4) is 0 Å². The third kappa shape index (κ3) is 7.85. The van der Waals surface area contributed by atoms with Gasteiger partial charge in [-0.2, -0.15) is 0 Å². The molecule has 2 aromatic carbocycles. The van der Waals surface area contributed by atoms with E-state index in [1.807, 2.05) is 32.9 Å². The van der Waals surface area contributed by atoms with Gasteiger partial charge in [-0.1, -0.05) is 74.7 Å². The number of nitrogens with zero attached hydrogens (tertiary/aromatic N) is 2. The molecule has 0 spiro atoms. The van der Waals surface area contributed by atoms with Gasteiger partial charge in [0.05, 0.1) is 11.9 Å². The van der Waals surface area contributed by atoms with Crippen LogP contribution in [0.15, 0.2) is 42.5 Å². The normalized spacial score (nSPS) is 12.3. The minimum absolute atomic E-state index is 0.0295. The van der Waals surface area contributed by atoms with Crippen molar-refractivity contribution in [3.63, 3.8) is 0 Å². The second-order valence-corrected chi connectivity index (χ2v) is 11.7. The summed E-state index contributed by atoms with van der Waals surface area (Å²) in [5.41, 5.74) is 1.71. The van der Waals surface area contributed by atoms with Crippen LogP contribution in [0.2, 0.25) is 10.0 Å². The minimum atomic E-state index is -3.82. The molecule has 2 aromatic rings. The molecule has 2 amide bonds. The lowest BCUT2D eigenvalue weighted by atomic mass is 10.0. The summed E-state index contributed by atoms with van der Waals surface area (Å²) in [7, 11) is -3.82. The summed E-state index contributed by atoms with van der Waals surface area (Å²) < 4.78 is 26.8. The lowest BCUT2D eigenvalue weighted by molar-refractivity contribution is -0.139. The molecule has 0 bridgehead atoms. The molecule has 0 saturated carbocycles. The van der Waals surface area contributed by atoms with Crippen LogP contribution in [0.5, 0.6) is 0 Å². The number of hydrogen-bond donors (Lipinski definition) is 1. The molecule has 1 atom stereocenters. The van der Waals surface area contributed by atoms with Gasteiger partial charge in [-0.3, -0.25) is 13.9 Å². The number of amides is 2. The van der Waals surface area contributed by atoms with Gasteiger partial charge in [-0.25, -0.2) is 8.42 Å². The van der Waals surface area contributed by atoms with Gasteiger partial charge in [0.2, 0.25) is 21.8 Å². The van der Waals surface area contributed by atoms with Crippen molar-refractivity contribution in [2.45, 2.75) is 59.0 Å². The Hall–Kier alpha value is -2.29. The van der Waals surface area contributed by atoms with E-state index in [2.05, 4.69) is 5.32 Å². The summed E-state index contributed by atoms with van der Waals surface area (Å²) in [6, 6.07) is 11.2. The van der Waals surface area contributed by atoms with Crippen molar-refractivity contribution in [2.24, 2.45) is 0 Å². The molecule has 0 aliphatic rings. The Kier molecular flexibility index (Phi) is 11.1. The first kappa shape index (κ1) is 29.9. The van der Waals surface area contributed by atoms with E-state index in [9.17, 15) is 18.0 Å². The fourth-order valence-electron chi connectivity index (χ4n) is 3.77. The number of hydrogen-bond acceptors (Lipinski definition) is 4. The van der Waals surface area contributed by atoms with Crippen LogP contribution in [-0.2, 0) is 26.2 Å². The molecule has 0 aliphatic heterocycles. The van der Waals surface area contributed by atoms with Gasteiger partial charge >= 0.3 is 0 Å². The Bertz CT molecular complexity index is 1150. The van der Waals surface area contributed by atoms with E-state index in [1.165, 1.54) is 4.90 Å². The molecule has 7 nitrogen and oxygen atoms in total. The van der Waals surface area contributed by atoms with Gasteiger partial charge in [0.15, 0.2) is 0 Å². The molecule has 2 rings (SSSR count). The Labute approximate surface area is 224 Å². The third-order valence-electron chi connectivity index (χ3n) is 5.89. The number of rotatable bonds is 12. The fourth-order valence-corrected chi connectivity index (χ4v) is 5.16. The van der Waals surface area contributed by atoms with E-state index in [0.717, 1.165) is 29.0 Å². The van der Waals surface area contributed by atoms with Crippen LogP contribution in [0.4, 0.5) is 5.69 Å². The maximum absolute atomic E-state index is 13.7. The average Bonchev–Trinajstić information content (AvgIpc) is 2.81. The molecule has 1 N–H and O–H groups in total. The fraction of sp³-hybridized carbons (Fsp3) is 0.462. The van der Waals surface area contributed by atoms with Crippen molar-refractivity contribution in [1.29, 1.82) is 0 Å². The monoisotopic (exact) mass is 555 g/mol. The Morgan fingerprint density at radius 3 is 2.17 bits per heavy atom. The number of unbranched alkanes of at least 4 members (excludes halogenated alkanes) is 1. The van der Waals surface area contributed by atoms with Gasteiger partial charge in [-0.05, 0) is 43.0 Å². The first-order chi connectivity index (χ1) is 16.9. The maximum Gasteiger partial charge on any atom is 0.244 e. The Morgan fingerprint density at radius 2 is 1.61 bits per heavy atom. The van der Waals surface area contributed by atoms with Crippen LogP contribution in [0.1, 0.15) is 57.6 Å². The minimum Gasteiger partial charge on any atom is -0.354 e. The quantitative estimate of drug-likeness (QED) is 0.364. The van der Waals surface area contributed by atoms with Crippen LogP contribution in [0.25, 0.3) is 0 Å². The van der Waals surface area contributed by atoms with Gasteiger partial charge in [0.25, 0.3) is 0 Å². The molecule has 0 aromatic heterocycles. The lowest BCUT2D eigenvalue weighted by Crippen LogP contribution is -2.51. The van der Waals surface area contributed by atoms with Gasteiger partial charge in [0.1, 0.15) is 12.6 Å². The third-order valence-corrected chi connectivity index (χ3v) is 7.73. The zero-order valence-corrected chi connectivity index (χ0v) is 23.8. The first-order valence-electron chi connectivity index (χ1n) is 11.9. The molecule has 0 fully saturated rings. The summed E-state index contributed by atoms with van der Waals surface area (Å²) in [4.78, 5) is 28.0. The first-order valence-corrected chi connectivity index (χ1v) is 14.6. The van der Waals surface area contributed by atoms with Gasteiger partial charge < -0.3 is 10.2 Å². The smallest absolute Gasteiger partial charge is 0.244 e. The zero-order chi connectivity index (χ0) is 27.0. The summed E-state index contributed by atoms with van der Waals surface area (Å²) in [6.07, 6.45) is 2.77. The average molecular weight is 557 g/mol. The SMILES string of the molecule is CCCCNC(=O)C(C)N(Cc1c(Cl)cccc1Cl)C(=O)CN(c1ccccc1C(C)C)S(C)(=O)=O. The topological polar surface area (TPSA) is 86.8 Å². The molecule has 10 heteroatoms. The number of carbonyl (C=O) groups excluding carboxylic acids is 2. The summed E-state index contributed by atoms with van der Waals surface area (Å²) in [5, 5.41) is 3.54. The molecule has 198 valence electrons. The van der Waals surface area contributed by atoms with Crippen LogP contribution < -0.4 is 9.62 Å². The predicted octanol–water partition coefficient (Wildman–Crippen LogP) is 5.22. The molecule has 0 heterocycles. The van der Waals surface area contributed by atoms with Crippen molar-refractivity contribution in [3.8, 4) is 0 Å². The summed E-state index contributed by atoms with van der Waals surface area (Å²) in [6.45, 7) is 7.48. The Morgan fingerprint density at radius 1 is 1.00 bits per heavy atom. The predicted molar refractivity (Wildman–Crippen MR) is 147 cm³/mol. The highest BCUT2D eigenvalue weighted by Crippen LogP contribution is 2.30. The molecule has 0 saturated heterocycles. The number of halogens is 2. The number of sulfonamides is 1. The summed E-state index contributed by atoms with van der Waals surface area (Å²) in [5.74, 6) is -0.858. The van der Waals surface area contributed by atoms with Crippen molar-refractivity contribution < 1.29 is 18.0 Å². The molecular formula is C26H35Cl2N3O4S. The Balaban J connectivity index is 2.47. The van der Waals surface area contributed by atoms with Crippen molar-refractivity contribution in [1.82, 2.24) is 10.2 Å². The highest BCUT2D eigenvalue weighted by Gasteiger charge is 2.31. The zero-order valence-electron chi connectivity index (χ0n) is 21.4. The summed E-state index contributed by atoms with van der Waals surface area (Å²) >= 11 is 12.7. The number of para-hydroxylation sites is 1. The largest absolute Gasteiger partial charge is 0.354 e. The molecule has 0 radical (unpaired) electrons. The van der Waals surface area contributed by atoms with Gasteiger partial charge in [-0.15, -0.1) is 0 Å². The number of benzene rings is 2. The van der Waals surface area contributed by atoms with Crippen LogP contribution >= 0.6 is 23.2 Å². The van der Waals surface area contributed by atoms with Crippen LogP contribution in [0, 0.1) is 0 Å². The number of nitrogens with one attached hydrogen (secondary N) is 1. The van der Waals surface area contributed by atoms with Crippen LogP contribution in [-0.4, -0.2) is 50.5 Å². The standard InChI is InChI=1S/C26H35Cl2N3O4S/c1-6-7-15-29-26(33)19(4)30(16-21-22(27)12-10-13-23(21)28)25(32)17-31(36(5,34)35)24-14-9-8-11-20(24)18(2)3/h8-14,18-19H,6-7,15-17H2,1-5H3,(H,29,33). The van der Waals surface area contributed by atoms with E-state index in [4.69, 9.17) is 23.2 Å². The number of anilines is 1. The van der Waals surface area contributed by atoms with Crippen molar-refractivity contribution in [2.75, 3.05) is 23.7 Å². The molecule has 1 unspecified atom stereocenters. The molecular weight excluding hydrogens is 521 g/mol. The molecule has 0 aliphatic carbocycles. The highest BCUT2D eigenvalue weighted by molar-refractivity contribution is 7.92. The lowest BCUT2D eigenvalue weighted by Gasteiger charge is -2.32. The van der Waals surface area contributed by atoms with E-state index >= 15 is 0 Å². The second-order valence-electron chi connectivity index (χ2n) is 9.03. The van der Waals surface area contributed by atoms with E-state index in [0.29, 0.717) is 27.8 Å². The van der Waals surface area contributed by atoms with Crippen molar-refractivity contribution in [3.05, 3.63) is 63.6 Å². The van der Waals surface area contributed by atoms with E-state index < -0.39 is 28.5 Å². The van der Waals surface area contributed by atoms with E-state index in [1.54, 1.807) is 37.3 Å². The van der Waals surface area contributed by atoms with Gasteiger partial charge in [0, 0.05) is 28.7 Å². The maximum atomic E-state index is 13.7. The van der Waals surface area contributed by atoms with Crippen molar-refractivity contribution >= 4 is 50.7 Å². The second kappa shape index (κ2) is 13.3. The van der Waals surface area contributed by atoms with E-state index in [-0.39, 0.29) is 18.4 Å².